The lowest BCUT2D eigenvalue weighted by atomic mass is 9.97. The van der Waals surface area contributed by atoms with Crippen LogP contribution >= 0.6 is 12.2 Å². The van der Waals surface area contributed by atoms with Crippen LogP contribution in [0.25, 0.3) is 0 Å². The van der Waals surface area contributed by atoms with Gasteiger partial charge < -0.3 is 30.0 Å². The Hall–Kier alpha value is -1.33. The molecule has 2 aliphatic heterocycles. The van der Waals surface area contributed by atoms with Crippen molar-refractivity contribution in [1.82, 2.24) is 9.96 Å². The lowest BCUT2D eigenvalue weighted by Gasteiger charge is -2.45. The second kappa shape index (κ2) is 7.59. The Kier molecular flexibility index (Phi) is 5.74. The number of rotatable bonds is 3. The molecule has 27 heavy (non-hydrogen) atoms. The first kappa shape index (κ1) is 20.4. The molecule has 8 nitrogen and oxygen atoms in total. The Morgan fingerprint density at radius 1 is 1.04 bits per heavy atom. The maximum absolute atomic E-state index is 10.6. The minimum Gasteiger partial charge on any atom is -0.394 e. The fourth-order valence-corrected chi connectivity index (χ4v) is 3.66. The summed E-state index contributed by atoms with van der Waals surface area (Å²) in [5, 5.41) is 42.1. The van der Waals surface area contributed by atoms with Gasteiger partial charge in [-0.2, -0.15) is 0 Å². The quantitative estimate of drug-likeness (QED) is 0.528. The van der Waals surface area contributed by atoms with Gasteiger partial charge in [0.1, 0.15) is 30.6 Å². The molecule has 3 rings (SSSR count). The predicted octanol–water partition coefficient (Wildman–Crippen LogP) is 0.118. The van der Waals surface area contributed by atoms with Crippen LogP contribution in [0.5, 0.6) is 0 Å². The van der Waals surface area contributed by atoms with Crippen LogP contribution < -0.4 is 0 Å². The Balaban J connectivity index is 2.02. The molecule has 0 spiro atoms. The van der Waals surface area contributed by atoms with Crippen LogP contribution in [0.1, 0.15) is 32.5 Å². The van der Waals surface area contributed by atoms with Gasteiger partial charge in [0.05, 0.1) is 12.1 Å². The lowest BCUT2D eigenvalue weighted by Crippen LogP contribution is -2.64. The number of hydroxylamine groups is 2. The van der Waals surface area contributed by atoms with E-state index in [2.05, 4.69) is 0 Å². The highest BCUT2D eigenvalue weighted by Crippen LogP contribution is 2.41. The van der Waals surface area contributed by atoms with Crippen molar-refractivity contribution in [2.45, 2.75) is 63.1 Å². The molecule has 0 bridgehead atoms. The van der Waals surface area contributed by atoms with Gasteiger partial charge in [-0.25, -0.2) is 0 Å². The van der Waals surface area contributed by atoms with Gasteiger partial charge in [-0.15, -0.1) is 5.06 Å². The van der Waals surface area contributed by atoms with Crippen LogP contribution in [-0.4, -0.2) is 78.4 Å². The van der Waals surface area contributed by atoms with E-state index in [1.54, 1.807) is 9.96 Å². The van der Waals surface area contributed by atoms with Crippen LogP contribution in [0, 0.1) is 0 Å². The Morgan fingerprint density at radius 3 is 2.22 bits per heavy atom. The molecule has 1 unspecified atom stereocenters. The smallest absolute Gasteiger partial charge is 0.285 e. The summed E-state index contributed by atoms with van der Waals surface area (Å²) < 4.78 is 5.72. The van der Waals surface area contributed by atoms with Crippen molar-refractivity contribution in [3.63, 3.8) is 0 Å². The standard InChI is InChI=1S/C18H26N2O6S/c1-18(2,3)20-15(10-7-5-4-6-8-10)19(17(27)26-20)16-14(24)13(23)12(22)11(9-21)25-16/h4-8,11-16,21-24H,9H2,1-3H3/t11-,12-,13+,14-,15?,16-/m1/s1. The van der Waals surface area contributed by atoms with Crippen LogP contribution in [0.3, 0.4) is 0 Å². The van der Waals surface area contributed by atoms with Crippen LogP contribution in [0.2, 0.25) is 0 Å². The molecule has 1 aromatic rings. The topological polar surface area (TPSA) is 106 Å². The Labute approximate surface area is 163 Å². The van der Waals surface area contributed by atoms with E-state index in [0.717, 1.165) is 5.56 Å². The Morgan fingerprint density at radius 2 is 1.67 bits per heavy atom. The van der Waals surface area contributed by atoms with Gasteiger partial charge in [0.2, 0.25) is 0 Å². The monoisotopic (exact) mass is 398 g/mol. The molecule has 6 atom stereocenters. The van der Waals surface area contributed by atoms with Crippen molar-refractivity contribution in [2.75, 3.05) is 6.61 Å². The molecule has 150 valence electrons. The van der Waals surface area contributed by atoms with E-state index in [1.165, 1.54) is 0 Å². The van der Waals surface area contributed by atoms with E-state index in [4.69, 9.17) is 21.8 Å². The minimum absolute atomic E-state index is 0.0723. The fraction of sp³-hybridized carbons (Fsp3) is 0.611. The zero-order valence-corrected chi connectivity index (χ0v) is 16.3. The van der Waals surface area contributed by atoms with Gasteiger partial charge in [0.15, 0.2) is 6.23 Å². The summed E-state index contributed by atoms with van der Waals surface area (Å²) in [6.07, 6.45) is -7.05. The van der Waals surface area contributed by atoms with E-state index in [-0.39, 0.29) is 5.17 Å². The summed E-state index contributed by atoms with van der Waals surface area (Å²) >= 11 is 5.40. The third kappa shape index (κ3) is 3.68. The predicted molar refractivity (Wildman–Crippen MR) is 100 cm³/mol. The van der Waals surface area contributed by atoms with Crippen LogP contribution in [0.4, 0.5) is 0 Å². The highest BCUT2D eigenvalue weighted by atomic mass is 32.1. The molecule has 0 aliphatic carbocycles. The summed E-state index contributed by atoms with van der Waals surface area (Å²) in [7, 11) is 0. The molecule has 0 amide bonds. The number of aliphatic hydroxyl groups excluding tert-OH is 4. The van der Waals surface area contributed by atoms with Gasteiger partial charge in [-0.3, -0.25) is 4.90 Å². The van der Waals surface area contributed by atoms with Crippen molar-refractivity contribution < 1.29 is 30.0 Å². The maximum atomic E-state index is 10.6. The Bertz CT molecular complexity index is 668. The molecule has 2 fully saturated rings. The van der Waals surface area contributed by atoms with Crippen molar-refractivity contribution >= 4 is 17.4 Å². The number of aliphatic hydroxyl groups is 4. The summed E-state index contributed by atoms with van der Waals surface area (Å²) in [6.45, 7) is 5.37. The molecule has 2 heterocycles. The largest absolute Gasteiger partial charge is 0.394 e. The average molecular weight is 398 g/mol. The highest BCUT2D eigenvalue weighted by molar-refractivity contribution is 7.80. The average Bonchev–Trinajstić information content (AvgIpc) is 2.98. The van der Waals surface area contributed by atoms with Gasteiger partial charge in [0, 0.05) is 0 Å². The van der Waals surface area contributed by atoms with Crippen LogP contribution in [-0.2, 0) is 9.57 Å². The first-order valence-corrected chi connectivity index (χ1v) is 9.22. The van der Waals surface area contributed by atoms with E-state index in [1.807, 2.05) is 51.1 Å². The zero-order valence-electron chi connectivity index (χ0n) is 15.5. The highest BCUT2D eigenvalue weighted by Gasteiger charge is 2.54. The normalized spacial score (nSPS) is 35.4. The molecule has 0 aromatic heterocycles. The van der Waals surface area contributed by atoms with Gasteiger partial charge in [-0.05, 0) is 38.6 Å². The van der Waals surface area contributed by atoms with Crippen LogP contribution in [0.15, 0.2) is 30.3 Å². The van der Waals surface area contributed by atoms with Crippen molar-refractivity contribution in [2.24, 2.45) is 0 Å². The molecule has 1 aromatic carbocycles. The number of hydrogen-bond donors (Lipinski definition) is 4. The van der Waals surface area contributed by atoms with Crippen molar-refractivity contribution in [3.05, 3.63) is 35.9 Å². The first-order chi connectivity index (χ1) is 12.7. The molecule has 2 aliphatic rings. The van der Waals surface area contributed by atoms with E-state index in [9.17, 15) is 20.4 Å². The fourth-order valence-electron chi connectivity index (χ4n) is 3.37. The minimum atomic E-state index is -1.50. The first-order valence-electron chi connectivity index (χ1n) is 8.82. The summed E-state index contributed by atoms with van der Waals surface area (Å²) in [4.78, 5) is 7.38. The molecule has 4 N–H and O–H groups in total. The van der Waals surface area contributed by atoms with Crippen molar-refractivity contribution in [1.29, 1.82) is 0 Å². The second-order valence-electron chi connectivity index (χ2n) is 7.76. The molecular weight excluding hydrogens is 372 g/mol. The maximum Gasteiger partial charge on any atom is 0.285 e. The molecule has 0 radical (unpaired) electrons. The number of ether oxygens (including phenoxy) is 1. The molecule has 0 saturated carbocycles. The van der Waals surface area contributed by atoms with E-state index >= 15 is 0 Å². The van der Waals surface area contributed by atoms with Gasteiger partial charge in [-0.1, -0.05) is 30.3 Å². The summed E-state index contributed by atoms with van der Waals surface area (Å²) in [6, 6.07) is 9.44. The third-order valence-corrected chi connectivity index (χ3v) is 5.06. The zero-order chi connectivity index (χ0) is 19.9. The molecular formula is C18H26N2O6S. The SMILES string of the molecule is CC(C)(C)N1OC(=S)N([C@@H]2O[C@H](CO)[C@@H](O)[C@H](O)[C@H]2O)C1c1ccccc1. The van der Waals surface area contributed by atoms with E-state index < -0.39 is 49.0 Å². The third-order valence-electron chi connectivity index (χ3n) is 4.77. The number of nitrogens with zero attached hydrogens (tertiary/aromatic N) is 2. The van der Waals surface area contributed by atoms with Crippen molar-refractivity contribution in [3.8, 4) is 0 Å². The second-order valence-corrected chi connectivity index (χ2v) is 8.11. The van der Waals surface area contributed by atoms with Gasteiger partial charge in [0.25, 0.3) is 5.17 Å². The molecule has 2 saturated heterocycles. The van der Waals surface area contributed by atoms with E-state index in [0.29, 0.717) is 0 Å². The molecule has 9 heteroatoms. The van der Waals surface area contributed by atoms with Gasteiger partial charge >= 0.3 is 0 Å². The summed E-state index contributed by atoms with van der Waals surface area (Å²) in [5.74, 6) is 0. The number of thiocarbonyl (C=S) groups is 1. The lowest BCUT2D eigenvalue weighted by molar-refractivity contribution is -0.265. The number of hydrogen-bond acceptors (Lipinski definition) is 8. The summed E-state index contributed by atoms with van der Waals surface area (Å²) in [5.41, 5.74) is 0.414. The number of benzene rings is 1.